The summed E-state index contributed by atoms with van der Waals surface area (Å²) in [6.45, 7) is 5.13. The molecule has 1 aliphatic heterocycles. The van der Waals surface area contributed by atoms with Crippen LogP contribution >= 0.6 is 0 Å². The Morgan fingerprint density at radius 1 is 1.29 bits per heavy atom. The molecule has 0 aromatic rings. The minimum atomic E-state index is -2.87. The first kappa shape index (κ1) is 14.9. The average molecular weight is 263 g/mol. The fourth-order valence-corrected chi connectivity index (χ4v) is 3.32. The molecule has 1 fully saturated rings. The smallest absolute Gasteiger partial charge is 0.152 e. The van der Waals surface area contributed by atoms with E-state index in [2.05, 4.69) is 5.32 Å². The summed E-state index contributed by atoms with van der Waals surface area (Å²) in [5, 5.41) is 3.37. The molecule has 1 heterocycles. The third kappa shape index (κ3) is 7.01. The maximum atomic E-state index is 11.4. The van der Waals surface area contributed by atoms with E-state index in [4.69, 9.17) is 4.74 Å². The maximum absolute atomic E-state index is 11.4. The van der Waals surface area contributed by atoms with Crippen molar-refractivity contribution in [3.63, 3.8) is 0 Å². The van der Waals surface area contributed by atoms with Gasteiger partial charge in [-0.2, -0.15) is 0 Å². The quantitative estimate of drug-likeness (QED) is 0.669. The number of sulfone groups is 1. The number of ether oxygens (including phenoxy) is 1. The van der Waals surface area contributed by atoms with E-state index in [1.165, 1.54) is 12.8 Å². The predicted molar refractivity (Wildman–Crippen MR) is 70.0 cm³/mol. The summed E-state index contributed by atoms with van der Waals surface area (Å²) in [6.07, 6.45) is 4.25. The molecule has 0 spiro atoms. The molecule has 1 unspecified atom stereocenters. The highest BCUT2D eigenvalue weighted by molar-refractivity contribution is 7.91. The molecule has 0 aromatic carbocycles. The first-order chi connectivity index (χ1) is 8.14. The summed E-state index contributed by atoms with van der Waals surface area (Å²) < 4.78 is 28.2. The van der Waals surface area contributed by atoms with Crippen molar-refractivity contribution in [1.82, 2.24) is 5.32 Å². The second-order valence-electron chi connectivity index (χ2n) is 4.77. The number of hydrogen-bond acceptors (Lipinski definition) is 4. The number of hydrogen-bond donors (Lipinski definition) is 1. The van der Waals surface area contributed by atoms with Crippen molar-refractivity contribution in [3.05, 3.63) is 0 Å². The van der Waals surface area contributed by atoms with Gasteiger partial charge in [-0.15, -0.1) is 0 Å². The van der Waals surface area contributed by atoms with Gasteiger partial charge in [-0.1, -0.05) is 6.92 Å². The Bertz CT molecular complexity index is 284. The van der Waals surface area contributed by atoms with Crippen molar-refractivity contribution in [1.29, 1.82) is 0 Å². The van der Waals surface area contributed by atoms with Crippen LogP contribution in [-0.4, -0.2) is 46.2 Å². The van der Waals surface area contributed by atoms with Crippen LogP contribution in [0.1, 0.15) is 32.6 Å². The van der Waals surface area contributed by atoms with Crippen molar-refractivity contribution in [2.24, 2.45) is 5.92 Å². The fraction of sp³-hybridized carbons (Fsp3) is 1.00. The van der Waals surface area contributed by atoms with Crippen LogP contribution in [0.25, 0.3) is 0 Å². The average Bonchev–Trinajstić information content (AvgIpc) is 2.30. The minimum Gasteiger partial charge on any atom is -0.380 e. The summed E-state index contributed by atoms with van der Waals surface area (Å²) >= 11 is 0. The molecule has 1 atom stereocenters. The van der Waals surface area contributed by atoms with Gasteiger partial charge in [0, 0.05) is 12.4 Å². The molecule has 1 rings (SSSR count). The molecule has 1 aliphatic rings. The lowest BCUT2D eigenvalue weighted by Crippen LogP contribution is -2.30. The van der Waals surface area contributed by atoms with Crippen LogP contribution in [0.15, 0.2) is 0 Å². The molecular weight excluding hydrogens is 238 g/mol. The Balaban J connectivity index is 2.00. The number of piperidine rings is 1. The molecule has 0 amide bonds. The summed E-state index contributed by atoms with van der Waals surface area (Å²) in [6, 6.07) is 0. The lowest BCUT2D eigenvalue weighted by atomic mass is 9.97. The Labute approximate surface area is 105 Å². The Morgan fingerprint density at radius 2 is 2.12 bits per heavy atom. The SMILES string of the molecule is CCCS(=O)(=O)CCOCCC1CCCNC1. The minimum absolute atomic E-state index is 0.170. The zero-order chi connectivity index (χ0) is 12.6. The molecule has 0 aliphatic carbocycles. The van der Waals surface area contributed by atoms with E-state index in [0.29, 0.717) is 25.6 Å². The third-order valence-corrected chi connectivity index (χ3v) is 4.94. The van der Waals surface area contributed by atoms with Gasteiger partial charge in [0.15, 0.2) is 9.84 Å². The molecule has 0 saturated carbocycles. The van der Waals surface area contributed by atoms with Crippen LogP contribution in [0, 0.1) is 5.92 Å². The molecule has 0 radical (unpaired) electrons. The van der Waals surface area contributed by atoms with E-state index >= 15 is 0 Å². The summed E-state index contributed by atoms with van der Waals surface area (Å²) in [5.74, 6) is 1.16. The van der Waals surface area contributed by atoms with Crippen LogP contribution in [0.5, 0.6) is 0 Å². The molecular formula is C12H25NO3S. The Hall–Kier alpha value is -0.130. The Kier molecular flexibility index (Phi) is 7.08. The molecule has 1 saturated heterocycles. The highest BCUT2D eigenvalue weighted by Crippen LogP contribution is 2.13. The van der Waals surface area contributed by atoms with Gasteiger partial charge in [-0.05, 0) is 44.7 Å². The first-order valence-corrected chi connectivity index (χ1v) is 8.45. The van der Waals surface area contributed by atoms with Gasteiger partial charge in [-0.3, -0.25) is 0 Å². The maximum Gasteiger partial charge on any atom is 0.152 e. The Morgan fingerprint density at radius 3 is 2.76 bits per heavy atom. The van der Waals surface area contributed by atoms with Crippen LogP contribution in [-0.2, 0) is 14.6 Å². The van der Waals surface area contributed by atoms with E-state index in [0.717, 1.165) is 19.5 Å². The van der Waals surface area contributed by atoms with Crippen molar-refractivity contribution < 1.29 is 13.2 Å². The number of rotatable bonds is 8. The second kappa shape index (κ2) is 8.06. The molecule has 0 aromatic heterocycles. The highest BCUT2D eigenvalue weighted by atomic mass is 32.2. The van der Waals surface area contributed by atoms with Gasteiger partial charge >= 0.3 is 0 Å². The standard InChI is InChI=1S/C12H25NO3S/c1-2-9-17(14,15)10-8-16-7-5-12-4-3-6-13-11-12/h12-13H,2-11H2,1H3. The summed E-state index contributed by atoms with van der Waals surface area (Å²) in [4.78, 5) is 0. The van der Waals surface area contributed by atoms with Gasteiger partial charge in [-0.25, -0.2) is 8.42 Å². The van der Waals surface area contributed by atoms with Gasteiger partial charge in [0.1, 0.15) is 0 Å². The van der Waals surface area contributed by atoms with Gasteiger partial charge < -0.3 is 10.1 Å². The highest BCUT2D eigenvalue weighted by Gasteiger charge is 2.13. The van der Waals surface area contributed by atoms with Crippen LogP contribution in [0.3, 0.4) is 0 Å². The monoisotopic (exact) mass is 263 g/mol. The number of nitrogens with one attached hydrogen (secondary N) is 1. The molecule has 4 nitrogen and oxygen atoms in total. The van der Waals surface area contributed by atoms with E-state index in [1.54, 1.807) is 0 Å². The second-order valence-corrected chi connectivity index (χ2v) is 7.07. The summed E-state index contributed by atoms with van der Waals surface area (Å²) in [5.41, 5.74) is 0. The molecule has 0 bridgehead atoms. The van der Waals surface area contributed by atoms with Crippen molar-refractivity contribution in [2.45, 2.75) is 32.6 Å². The molecule has 102 valence electrons. The van der Waals surface area contributed by atoms with E-state index in [1.807, 2.05) is 6.92 Å². The van der Waals surface area contributed by atoms with Crippen molar-refractivity contribution in [3.8, 4) is 0 Å². The van der Waals surface area contributed by atoms with Gasteiger partial charge in [0.25, 0.3) is 0 Å². The van der Waals surface area contributed by atoms with Crippen LogP contribution in [0.2, 0.25) is 0 Å². The fourth-order valence-electron chi connectivity index (χ4n) is 2.12. The zero-order valence-corrected chi connectivity index (χ0v) is 11.6. The lowest BCUT2D eigenvalue weighted by molar-refractivity contribution is 0.128. The van der Waals surface area contributed by atoms with Crippen LogP contribution < -0.4 is 5.32 Å². The first-order valence-electron chi connectivity index (χ1n) is 6.63. The van der Waals surface area contributed by atoms with Crippen molar-refractivity contribution in [2.75, 3.05) is 37.8 Å². The molecule has 1 N–H and O–H groups in total. The third-order valence-electron chi connectivity index (χ3n) is 3.12. The van der Waals surface area contributed by atoms with Gasteiger partial charge in [0.05, 0.1) is 12.4 Å². The van der Waals surface area contributed by atoms with E-state index < -0.39 is 9.84 Å². The largest absolute Gasteiger partial charge is 0.380 e. The lowest BCUT2D eigenvalue weighted by Gasteiger charge is -2.22. The predicted octanol–water partition coefficient (Wildman–Crippen LogP) is 1.22. The summed E-state index contributed by atoms with van der Waals surface area (Å²) in [7, 11) is -2.87. The zero-order valence-electron chi connectivity index (χ0n) is 10.8. The topological polar surface area (TPSA) is 55.4 Å². The van der Waals surface area contributed by atoms with Gasteiger partial charge in [0.2, 0.25) is 0 Å². The normalized spacial score (nSPS) is 21.6. The van der Waals surface area contributed by atoms with Crippen molar-refractivity contribution >= 4 is 9.84 Å². The molecule has 5 heteroatoms. The van der Waals surface area contributed by atoms with E-state index in [9.17, 15) is 8.42 Å². The van der Waals surface area contributed by atoms with Crippen LogP contribution in [0.4, 0.5) is 0 Å². The van der Waals surface area contributed by atoms with E-state index in [-0.39, 0.29) is 11.5 Å². The molecule has 17 heavy (non-hydrogen) atoms.